The molecule has 1 fully saturated rings. The predicted molar refractivity (Wildman–Crippen MR) is 138 cm³/mol. The highest BCUT2D eigenvalue weighted by atomic mass is 19.4. The molecular weight excluding hydrogens is 533 g/mol. The van der Waals surface area contributed by atoms with Gasteiger partial charge in [-0.2, -0.15) is 13.2 Å². The number of aliphatic hydroxyl groups excluding tert-OH is 1. The number of amides is 2. The summed E-state index contributed by atoms with van der Waals surface area (Å²) in [5.41, 5.74) is -1.77. The van der Waals surface area contributed by atoms with Crippen molar-refractivity contribution in [1.29, 1.82) is 0 Å². The van der Waals surface area contributed by atoms with Crippen LogP contribution < -0.4 is 10.1 Å². The normalized spacial score (nSPS) is 16.7. The average molecular weight is 565 g/mol. The summed E-state index contributed by atoms with van der Waals surface area (Å²) in [5, 5.41) is 12.6. The second kappa shape index (κ2) is 11.0. The van der Waals surface area contributed by atoms with Crippen molar-refractivity contribution in [3.05, 3.63) is 41.4 Å². The molecule has 1 aliphatic rings. The fourth-order valence-electron chi connectivity index (χ4n) is 4.57. The fourth-order valence-corrected chi connectivity index (χ4v) is 4.57. The molecule has 10 nitrogen and oxygen atoms in total. The monoisotopic (exact) mass is 564 g/mol. The number of fused-ring (bicyclic) bond motifs is 1. The number of oxazole rings is 1. The van der Waals surface area contributed by atoms with E-state index in [4.69, 9.17) is 13.9 Å². The number of carbonyl (C=O) groups excluding carboxylic acids is 2. The van der Waals surface area contributed by atoms with Gasteiger partial charge in [0.2, 0.25) is 5.89 Å². The number of likely N-dealkylation sites (tertiary alicyclic amines) is 1. The molecule has 40 heavy (non-hydrogen) atoms. The zero-order valence-corrected chi connectivity index (χ0v) is 22.8. The van der Waals surface area contributed by atoms with Gasteiger partial charge in [-0.15, -0.1) is 0 Å². The topological polar surface area (TPSA) is 127 Å². The molecule has 2 aromatic heterocycles. The molecule has 3 aromatic rings. The Labute approximate surface area is 228 Å². The lowest BCUT2D eigenvalue weighted by Gasteiger charge is -2.23. The van der Waals surface area contributed by atoms with Gasteiger partial charge in [-0.25, -0.2) is 14.8 Å². The van der Waals surface area contributed by atoms with E-state index in [9.17, 15) is 27.9 Å². The fraction of sp³-hybridized carbons (Fsp3) is 0.481. The Kier molecular flexibility index (Phi) is 7.97. The van der Waals surface area contributed by atoms with E-state index in [1.807, 2.05) is 0 Å². The molecule has 2 N–H and O–H groups in total. The first-order valence-corrected chi connectivity index (χ1v) is 12.7. The number of hydrogen-bond acceptors (Lipinski definition) is 8. The van der Waals surface area contributed by atoms with Gasteiger partial charge in [0.25, 0.3) is 5.91 Å². The molecule has 0 radical (unpaired) electrons. The summed E-state index contributed by atoms with van der Waals surface area (Å²) in [4.78, 5) is 35.8. The first kappa shape index (κ1) is 29.1. The van der Waals surface area contributed by atoms with Gasteiger partial charge in [-0.3, -0.25) is 4.79 Å². The number of pyridine rings is 1. The van der Waals surface area contributed by atoms with Crippen molar-refractivity contribution in [3.8, 4) is 17.2 Å². The summed E-state index contributed by atoms with van der Waals surface area (Å²) in [7, 11) is 1.31. The number of alkyl carbamates (subject to hydrolysis) is 1. The summed E-state index contributed by atoms with van der Waals surface area (Å²) >= 11 is 0. The number of ether oxygens (including phenoxy) is 2. The molecular formula is C27H31F3N4O6. The van der Waals surface area contributed by atoms with E-state index in [0.29, 0.717) is 19.4 Å². The van der Waals surface area contributed by atoms with Crippen LogP contribution in [-0.2, 0) is 10.9 Å². The van der Waals surface area contributed by atoms with Crippen molar-refractivity contribution in [2.45, 2.75) is 64.4 Å². The van der Waals surface area contributed by atoms with Gasteiger partial charge in [0, 0.05) is 17.5 Å². The second-order valence-corrected chi connectivity index (χ2v) is 10.5. The van der Waals surface area contributed by atoms with Crippen LogP contribution in [0.4, 0.5) is 18.0 Å². The lowest BCUT2D eigenvalue weighted by atomic mass is 10.1. The number of aliphatic hydroxyl groups is 1. The summed E-state index contributed by atoms with van der Waals surface area (Å²) in [6.45, 7) is 6.86. The van der Waals surface area contributed by atoms with Crippen LogP contribution in [0, 0.1) is 0 Å². The zero-order valence-electron chi connectivity index (χ0n) is 22.8. The molecule has 0 saturated carbocycles. The first-order valence-electron chi connectivity index (χ1n) is 12.7. The second-order valence-electron chi connectivity index (χ2n) is 10.5. The Morgan fingerprint density at radius 1 is 1.20 bits per heavy atom. The summed E-state index contributed by atoms with van der Waals surface area (Å²) in [6, 6.07) is 3.77. The van der Waals surface area contributed by atoms with Crippen LogP contribution in [0.15, 0.2) is 28.7 Å². The maximum atomic E-state index is 13.6. The number of methoxy groups -OCH3 is 1. The highest BCUT2D eigenvalue weighted by Gasteiger charge is 2.36. The molecule has 1 aromatic carbocycles. The third-order valence-corrected chi connectivity index (χ3v) is 6.39. The third kappa shape index (κ3) is 5.98. The Bertz CT molecular complexity index is 1420. The van der Waals surface area contributed by atoms with Gasteiger partial charge in [-0.05, 0) is 64.8 Å². The molecule has 0 unspecified atom stereocenters. The van der Waals surface area contributed by atoms with E-state index in [-0.39, 0.29) is 46.2 Å². The number of hydrogen-bond donors (Lipinski definition) is 2. The minimum Gasteiger partial charge on any atom is -0.494 e. The van der Waals surface area contributed by atoms with Crippen LogP contribution in [-0.4, -0.2) is 63.9 Å². The van der Waals surface area contributed by atoms with Crippen molar-refractivity contribution in [2.75, 3.05) is 20.3 Å². The number of rotatable bonds is 6. The molecule has 4 rings (SSSR count). The molecule has 1 aliphatic heterocycles. The van der Waals surface area contributed by atoms with Crippen LogP contribution in [0.25, 0.3) is 22.4 Å². The SMILES string of the molecule is COc1ccc(-c2nc(C(=O)N3CCC[C@@H]3CO)c([C@H](C)NC(=O)OC(C)(C)C)o2)c2ccc(C(F)(F)F)nc12. The van der Waals surface area contributed by atoms with Gasteiger partial charge in [0.15, 0.2) is 11.5 Å². The molecule has 13 heteroatoms. The molecule has 2 amide bonds. The Balaban J connectivity index is 1.83. The highest BCUT2D eigenvalue weighted by Crippen LogP contribution is 2.38. The smallest absolute Gasteiger partial charge is 0.433 e. The zero-order chi connectivity index (χ0) is 29.4. The van der Waals surface area contributed by atoms with Gasteiger partial charge in [0.05, 0.1) is 25.8 Å². The number of halogens is 3. The van der Waals surface area contributed by atoms with Gasteiger partial charge in [-0.1, -0.05) is 0 Å². The number of alkyl halides is 3. The van der Waals surface area contributed by atoms with E-state index in [1.54, 1.807) is 33.8 Å². The lowest BCUT2D eigenvalue weighted by Crippen LogP contribution is -2.39. The van der Waals surface area contributed by atoms with Gasteiger partial charge < -0.3 is 29.2 Å². The van der Waals surface area contributed by atoms with Crippen molar-refractivity contribution in [2.24, 2.45) is 0 Å². The van der Waals surface area contributed by atoms with Crippen LogP contribution in [0.5, 0.6) is 5.75 Å². The van der Waals surface area contributed by atoms with Crippen LogP contribution in [0.3, 0.4) is 0 Å². The molecule has 216 valence electrons. The molecule has 3 heterocycles. The molecule has 0 bridgehead atoms. The van der Waals surface area contributed by atoms with Crippen molar-refractivity contribution < 1.29 is 41.8 Å². The third-order valence-electron chi connectivity index (χ3n) is 6.39. The first-order chi connectivity index (χ1) is 18.7. The van der Waals surface area contributed by atoms with Crippen molar-refractivity contribution >= 4 is 22.9 Å². The van der Waals surface area contributed by atoms with Crippen LogP contribution in [0.1, 0.15) is 68.5 Å². The van der Waals surface area contributed by atoms with E-state index < -0.39 is 41.6 Å². The minimum atomic E-state index is -4.67. The largest absolute Gasteiger partial charge is 0.494 e. The van der Waals surface area contributed by atoms with Gasteiger partial charge >= 0.3 is 12.3 Å². The maximum absolute atomic E-state index is 13.6. The number of nitrogens with one attached hydrogen (secondary N) is 1. The Morgan fingerprint density at radius 3 is 2.55 bits per heavy atom. The van der Waals surface area contributed by atoms with E-state index >= 15 is 0 Å². The quantitative estimate of drug-likeness (QED) is 0.424. The van der Waals surface area contributed by atoms with Crippen LogP contribution >= 0.6 is 0 Å². The number of nitrogens with zero attached hydrogens (tertiary/aromatic N) is 3. The molecule has 0 spiro atoms. The Morgan fingerprint density at radius 2 is 1.93 bits per heavy atom. The average Bonchev–Trinajstić information content (AvgIpc) is 3.53. The Hall–Kier alpha value is -3.87. The lowest BCUT2D eigenvalue weighted by molar-refractivity contribution is -0.140. The number of aromatic nitrogens is 2. The number of carbonyl (C=O) groups is 2. The summed E-state index contributed by atoms with van der Waals surface area (Å²) in [6.07, 6.45) is -4.11. The maximum Gasteiger partial charge on any atom is 0.433 e. The van der Waals surface area contributed by atoms with E-state index in [2.05, 4.69) is 15.3 Å². The highest BCUT2D eigenvalue weighted by molar-refractivity contribution is 5.98. The molecule has 2 atom stereocenters. The minimum absolute atomic E-state index is 0.0262. The van der Waals surface area contributed by atoms with Gasteiger partial charge in [0.1, 0.15) is 22.6 Å². The van der Waals surface area contributed by atoms with Crippen molar-refractivity contribution in [1.82, 2.24) is 20.2 Å². The summed E-state index contributed by atoms with van der Waals surface area (Å²) < 4.78 is 56.8. The summed E-state index contributed by atoms with van der Waals surface area (Å²) in [5.74, 6) is -0.436. The molecule has 0 aliphatic carbocycles. The van der Waals surface area contributed by atoms with E-state index in [1.165, 1.54) is 24.1 Å². The number of benzene rings is 1. The van der Waals surface area contributed by atoms with Crippen LogP contribution in [0.2, 0.25) is 0 Å². The van der Waals surface area contributed by atoms with Crippen molar-refractivity contribution in [3.63, 3.8) is 0 Å². The standard InChI is InChI=1S/C27H31F3N4O6/c1-14(31-25(37)40-26(2,3)4)22-21(24(36)34-12-6-7-15(34)13-35)33-23(39-22)17-8-10-18(38-5)20-16(17)9-11-19(32-20)27(28,29)30/h8-11,14-15,35H,6-7,12-13H2,1-5H3,(H,31,37)/t14-,15+/m0/s1. The molecule has 1 saturated heterocycles. The predicted octanol–water partition coefficient (Wildman–Crippen LogP) is 5.10. The van der Waals surface area contributed by atoms with E-state index in [0.717, 1.165) is 6.07 Å².